The molecule has 0 aliphatic carbocycles. The van der Waals surface area contributed by atoms with E-state index < -0.39 is 16.0 Å². The van der Waals surface area contributed by atoms with Crippen LogP contribution < -0.4 is 4.31 Å². The number of carbonyl (C=O) groups is 1. The van der Waals surface area contributed by atoms with Gasteiger partial charge in [0.15, 0.2) is 0 Å². The number of sulfonamides is 1. The van der Waals surface area contributed by atoms with Crippen LogP contribution in [-0.4, -0.2) is 26.0 Å². The van der Waals surface area contributed by atoms with Gasteiger partial charge in [0.25, 0.3) is 10.0 Å². The van der Waals surface area contributed by atoms with E-state index >= 15 is 0 Å². The van der Waals surface area contributed by atoms with Gasteiger partial charge in [-0.25, -0.2) is 13.2 Å². The molecule has 0 aliphatic rings. The summed E-state index contributed by atoms with van der Waals surface area (Å²) >= 11 is 4.95. The normalized spacial score (nSPS) is 11.6. The van der Waals surface area contributed by atoms with E-state index in [-0.39, 0.29) is 10.5 Å². The zero-order valence-corrected chi connectivity index (χ0v) is 17.1. The maximum atomic E-state index is 13.2. The van der Waals surface area contributed by atoms with Crippen LogP contribution in [0.15, 0.2) is 57.9 Å². The van der Waals surface area contributed by atoms with Crippen LogP contribution in [0.1, 0.15) is 23.7 Å². The number of fused-ring (bicyclic) bond motifs is 1. The van der Waals surface area contributed by atoms with Crippen molar-refractivity contribution in [2.24, 2.45) is 0 Å². The van der Waals surface area contributed by atoms with Crippen LogP contribution in [0, 0.1) is 0 Å². The fourth-order valence-electron chi connectivity index (χ4n) is 2.59. The van der Waals surface area contributed by atoms with E-state index in [0.717, 1.165) is 14.6 Å². The molecular weight excluding hydrogens is 438 g/mol. The van der Waals surface area contributed by atoms with Crippen LogP contribution >= 0.6 is 27.3 Å². The highest BCUT2D eigenvalue weighted by molar-refractivity contribution is 9.10. The van der Waals surface area contributed by atoms with Gasteiger partial charge in [0, 0.05) is 16.6 Å². The van der Waals surface area contributed by atoms with Gasteiger partial charge in [0.05, 0.1) is 14.9 Å². The Labute approximate surface area is 164 Å². The number of halogens is 1. The first kappa shape index (κ1) is 18.9. The van der Waals surface area contributed by atoms with Crippen molar-refractivity contribution in [2.45, 2.75) is 18.2 Å². The molecule has 136 valence electrons. The molecule has 3 rings (SSSR count). The number of hydrogen-bond donors (Lipinski definition) is 1. The van der Waals surface area contributed by atoms with Crippen molar-refractivity contribution in [3.63, 3.8) is 0 Å². The zero-order valence-electron chi connectivity index (χ0n) is 13.8. The predicted molar refractivity (Wildman–Crippen MR) is 108 cm³/mol. The van der Waals surface area contributed by atoms with Gasteiger partial charge in [-0.2, -0.15) is 0 Å². The Morgan fingerprint density at radius 1 is 1.15 bits per heavy atom. The molecule has 0 amide bonds. The fourth-order valence-corrected chi connectivity index (χ4v) is 6.54. The molecule has 0 atom stereocenters. The van der Waals surface area contributed by atoms with Crippen molar-refractivity contribution < 1.29 is 18.3 Å². The molecule has 0 aliphatic heterocycles. The molecule has 5 nitrogen and oxygen atoms in total. The summed E-state index contributed by atoms with van der Waals surface area (Å²) in [7, 11) is -3.81. The maximum absolute atomic E-state index is 13.2. The lowest BCUT2D eigenvalue weighted by atomic mass is 10.2. The Kier molecular flexibility index (Phi) is 5.36. The van der Waals surface area contributed by atoms with Gasteiger partial charge in [0.2, 0.25) is 0 Å². The Hall–Kier alpha value is -1.90. The minimum absolute atomic E-state index is 0.0500. The topological polar surface area (TPSA) is 74.7 Å². The Morgan fingerprint density at radius 3 is 2.38 bits per heavy atom. The molecule has 0 radical (unpaired) electrons. The summed E-state index contributed by atoms with van der Waals surface area (Å²) in [6, 6.07) is 13.0. The lowest BCUT2D eigenvalue weighted by Crippen LogP contribution is -2.31. The van der Waals surface area contributed by atoms with Crippen LogP contribution in [0.25, 0.3) is 10.1 Å². The summed E-state index contributed by atoms with van der Waals surface area (Å²) < 4.78 is 29.5. The van der Waals surface area contributed by atoms with Crippen molar-refractivity contribution in [1.29, 1.82) is 0 Å². The second-order valence-corrected chi connectivity index (χ2v) is 9.31. The molecular formula is C18H16BrNO4S2. The number of anilines is 1. The first-order chi connectivity index (χ1) is 12.4. The van der Waals surface area contributed by atoms with Gasteiger partial charge in [0.1, 0.15) is 5.00 Å². The summed E-state index contributed by atoms with van der Waals surface area (Å²) in [5.74, 6) is -1.09. The van der Waals surface area contributed by atoms with Crippen LogP contribution in [-0.2, 0) is 10.0 Å². The number of carboxylic acids is 1. The Balaban J connectivity index is 2.10. The lowest BCUT2D eigenvalue weighted by Gasteiger charge is -2.23. The predicted octanol–water partition coefficient (Wildman–Crippen LogP) is 4.97. The van der Waals surface area contributed by atoms with E-state index in [0.29, 0.717) is 18.0 Å². The maximum Gasteiger partial charge on any atom is 0.335 e. The smallest absolute Gasteiger partial charge is 0.335 e. The van der Waals surface area contributed by atoms with Gasteiger partial charge in [-0.15, -0.1) is 11.3 Å². The molecule has 0 fully saturated rings. The zero-order chi connectivity index (χ0) is 18.9. The Morgan fingerprint density at radius 2 is 1.81 bits per heavy atom. The van der Waals surface area contributed by atoms with Crippen LogP contribution in [0.4, 0.5) is 5.00 Å². The molecule has 1 N–H and O–H groups in total. The highest BCUT2D eigenvalue weighted by Gasteiger charge is 2.28. The molecule has 26 heavy (non-hydrogen) atoms. The summed E-state index contributed by atoms with van der Waals surface area (Å²) in [6.45, 7) is 2.24. The number of thiophene rings is 1. The molecule has 0 spiro atoms. The second kappa shape index (κ2) is 7.38. The summed E-state index contributed by atoms with van der Waals surface area (Å²) in [5.41, 5.74) is 0.0500. The molecule has 3 aromatic rings. The third kappa shape index (κ3) is 3.36. The number of nitrogens with zero attached hydrogens (tertiary/aromatic N) is 1. The average Bonchev–Trinajstić information content (AvgIpc) is 2.96. The Bertz CT molecular complexity index is 1060. The molecule has 0 saturated carbocycles. The van der Waals surface area contributed by atoms with E-state index in [2.05, 4.69) is 15.9 Å². The summed E-state index contributed by atoms with van der Waals surface area (Å²) in [6.07, 6.45) is 0.646. The fraction of sp³-hybridized carbons (Fsp3) is 0.167. The quantitative estimate of drug-likeness (QED) is 0.571. The molecule has 1 heterocycles. The first-order valence-electron chi connectivity index (χ1n) is 7.89. The van der Waals surface area contributed by atoms with Gasteiger partial charge in [-0.3, -0.25) is 4.31 Å². The second-order valence-electron chi connectivity index (χ2n) is 5.62. The van der Waals surface area contributed by atoms with E-state index in [9.17, 15) is 13.2 Å². The third-order valence-corrected chi connectivity index (χ3v) is 8.05. The number of aromatic carboxylic acids is 1. The number of carboxylic acid groups (broad SMARTS) is 1. The van der Waals surface area contributed by atoms with E-state index in [1.54, 1.807) is 0 Å². The SMILES string of the molecule is CCCN(c1sc2ccccc2c1Br)S(=O)(=O)c1ccc(C(=O)O)cc1. The van der Waals surface area contributed by atoms with E-state index in [1.165, 1.54) is 39.9 Å². The molecule has 0 unspecified atom stereocenters. The van der Waals surface area contributed by atoms with Crippen molar-refractivity contribution in [1.82, 2.24) is 0 Å². The average molecular weight is 454 g/mol. The van der Waals surface area contributed by atoms with Crippen molar-refractivity contribution >= 4 is 58.3 Å². The van der Waals surface area contributed by atoms with Gasteiger partial charge in [-0.1, -0.05) is 25.1 Å². The first-order valence-corrected chi connectivity index (χ1v) is 10.9. The number of benzene rings is 2. The highest BCUT2D eigenvalue weighted by Crippen LogP contribution is 2.43. The molecule has 8 heteroatoms. The summed E-state index contributed by atoms with van der Waals surface area (Å²) in [4.78, 5) is 11.1. The largest absolute Gasteiger partial charge is 0.478 e. The highest BCUT2D eigenvalue weighted by atomic mass is 79.9. The van der Waals surface area contributed by atoms with E-state index in [4.69, 9.17) is 5.11 Å². The van der Waals surface area contributed by atoms with Crippen molar-refractivity contribution in [3.05, 3.63) is 58.6 Å². The van der Waals surface area contributed by atoms with Gasteiger partial charge in [-0.05, 0) is 52.7 Å². The van der Waals surface area contributed by atoms with Crippen LogP contribution in [0.3, 0.4) is 0 Å². The minimum Gasteiger partial charge on any atom is -0.478 e. The lowest BCUT2D eigenvalue weighted by molar-refractivity contribution is 0.0696. The van der Waals surface area contributed by atoms with E-state index in [1.807, 2.05) is 31.2 Å². The van der Waals surface area contributed by atoms with Crippen LogP contribution in [0.2, 0.25) is 0 Å². The monoisotopic (exact) mass is 453 g/mol. The number of hydrogen-bond acceptors (Lipinski definition) is 4. The van der Waals surface area contributed by atoms with Crippen molar-refractivity contribution in [2.75, 3.05) is 10.8 Å². The molecule has 2 aromatic carbocycles. The molecule has 1 aromatic heterocycles. The van der Waals surface area contributed by atoms with Crippen molar-refractivity contribution in [3.8, 4) is 0 Å². The number of rotatable bonds is 6. The molecule has 0 saturated heterocycles. The van der Waals surface area contributed by atoms with Gasteiger partial charge < -0.3 is 5.11 Å². The summed E-state index contributed by atoms with van der Waals surface area (Å²) in [5, 5.41) is 10.6. The standard InChI is InChI=1S/C18H16BrNO4S2/c1-2-11-20(17-16(19)14-5-3-4-6-15(14)25-17)26(23,24)13-9-7-12(8-10-13)18(21)22/h3-10H,2,11H2,1H3,(H,21,22). The van der Waals surface area contributed by atoms with Gasteiger partial charge >= 0.3 is 5.97 Å². The minimum atomic E-state index is -3.81. The van der Waals surface area contributed by atoms with Crippen LogP contribution in [0.5, 0.6) is 0 Å². The molecule has 0 bridgehead atoms. The third-order valence-electron chi connectivity index (χ3n) is 3.86.